The zero-order chi connectivity index (χ0) is 17.7. The second-order valence-electron chi connectivity index (χ2n) is 7.20. The van der Waals surface area contributed by atoms with Crippen LogP contribution < -0.4 is 11.1 Å². The molecule has 0 saturated heterocycles. The molecule has 0 radical (unpaired) electrons. The van der Waals surface area contributed by atoms with Gasteiger partial charge in [-0.1, -0.05) is 13.8 Å². The van der Waals surface area contributed by atoms with Gasteiger partial charge in [0.05, 0.1) is 34.1 Å². The van der Waals surface area contributed by atoms with Gasteiger partial charge in [0.25, 0.3) is 5.91 Å². The summed E-state index contributed by atoms with van der Waals surface area (Å²) in [5.41, 5.74) is 6.18. The van der Waals surface area contributed by atoms with Gasteiger partial charge in [-0.15, -0.1) is 0 Å². The molecule has 1 aliphatic rings. The Labute approximate surface area is 140 Å². The largest absolute Gasteiger partial charge is 0.390 e. The summed E-state index contributed by atoms with van der Waals surface area (Å²) in [6.45, 7) is 5.83. The van der Waals surface area contributed by atoms with Crippen molar-refractivity contribution in [2.45, 2.75) is 45.3 Å². The van der Waals surface area contributed by atoms with E-state index in [2.05, 4.69) is 16.5 Å². The maximum Gasteiger partial charge on any atom is 0.252 e. The first-order chi connectivity index (χ1) is 11.2. The molecule has 2 heterocycles. The minimum absolute atomic E-state index is 0.0442. The average molecular weight is 327 g/mol. The summed E-state index contributed by atoms with van der Waals surface area (Å²) in [5.74, 6) is -0.588. The lowest BCUT2D eigenvalue weighted by Crippen LogP contribution is -2.45. The standard InChI is InChI=1S/C17H21N5O2/c1-16(2)13(4-5-17(16,3)24)21-14-11(15(19)23)8-20-22-9-10(7-18)6-12(14)22/h6,8-9,13,21,24H,4-5H2,1-3H3,(H2,19,23)/t13-,17-/m1/s1. The van der Waals surface area contributed by atoms with Crippen LogP contribution in [0.2, 0.25) is 0 Å². The van der Waals surface area contributed by atoms with Gasteiger partial charge in [0.1, 0.15) is 6.07 Å². The van der Waals surface area contributed by atoms with Gasteiger partial charge in [-0.2, -0.15) is 10.4 Å². The number of carbonyl (C=O) groups excluding carboxylic acids is 1. The van der Waals surface area contributed by atoms with Crippen LogP contribution in [0.25, 0.3) is 5.52 Å². The summed E-state index contributed by atoms with van der Waals surface area (Å²) in [6, 6.07) is 3.69. The van der Waals surface area contributed by atoms with Crippen molar-refractivity contribution >= 4 is 17.1 Å². The molecule has 7 heteroatoms. The van der Waals surface area contributed by atoms with Crippen molar-refractivity contribution < 1.29 is 9.90 Å². The van der Waals surface area contributed by atoms with Crippen LogP contribution >= 0.6 is 0 Å². The summed E-state index contributed by atoms with van der Waals surface area (Å²) in [7, 11) is 0. The van der Waals surface area contributed by atoms with Gasteiger partial charge in [0.2, 0.25) is 0 Å². The highest BCUT2D eigenvalue weighted by atomic mass is 16.3. The van der Waals surface area contributed by atoms with E-state index in [1.165, 1.54) is 6.20 Å². The number of nitrogens with zero attached hydrogens (tertiary/aromatic N) is 3. The highest BCUT2D eigenvalue weighted by molar-refractivity contribution is 6.02. The number of nitrogens with two attached hydrogens (primary N) is 1. The highest BCUT2D eigenvalue weighted by Gasteiger charge is 2.50. The topological polar surface area (TPSA) is 116 Å². The predicted molar refractivity (Wildman–Crippen MR) is 89.5 cm³/mol. The van der Waals surface area contributed by atoms with Crippen LogP contribution in [-0.4, -0.2) is 32.3 Å². The van der Waals surface area contributed by atoms with Crippen molar-refractivity contribution in [3.05, 3.63) is 29.6 Å². The molecule has 126 valence electrons. The second kappa shape index (κ2) is 5.21. The minimum atomic E-state index is -0.805. The minimum Gasteiger partial charge on any atom is -0.390 e. The number of aromatic nitrogens is 2. The molecule has 3 rings (SSSR count). The molecule has 1 amide bonds. The molecule has 7 nitrogen and oxygen atoms in total. The first-order valence-corrected chi connectivity index (χ1v) is 7.87. The number of fused-ring (bicyclic) bond motifs is 1. The number of aliphatic hydroxyl groups is 1. The van der Waals surface area contributed by atoms with E-state index in [0.29, 0.717) is 23.2 Å². The third kappa shape index (κ3) is 2.31. The smallest absolute Gasteiger partial charge is 0.252 e. The normalized spacial score (nSPS) is 25.5. The molecular formula is C17H21N5O2. The van der Waals surface area contributed by atoms with Gasteiger partial charge in [0, 0.05) is 17.7 Å². The van der Waals surface area contributed by atoms with Gasteiger partial charge in [0.15, 0.2) is 0 Å². The number of primary amides is 1. The summed E-state index contributed by atoms with van der Waals surface area (Å²) in [5, 5.41) is 27.3. The Balaban J connectivity index is 2.11. The molecule has 0 spiro atoms. The van der Waals surface area contributed by atoms with E-state index in [0.717, 1.165) is 6.42 Å². The van der Waals surface area contributed by atoms with Crippen molar-refractivity contribution in [3.63, 3.8) is 0 Å². The van der Waals surface area contributed by atoms with Crippen molar-refractivity contribution in [1.29, 1.82) is 5.26 Å². The van der Waals surface area contributed by atoms with E-state index in [9.17, 15) is 9.90 Å². The maximum atomic E-state index is 11.8. The quantitative estimate of drug-likeness (QED) is 0.792. The van der Waals surface area contributed by atoms with Crippen LogP contribution in [-0.2, 0) is 0 Å². The van der Waals surface area contributed by atoms with Gasteiger partial charge in [-0.3, -0.25) is 4.79 Å². The first kappa shape index (κ1) is 16.3. The molecule has 1 aliphatic carbocycles. The van der Waals surface area contributed by atoms with Crippen molar-refractivity contribution in [2.75, 3.05) is 5.32 Å². The summed E-state index contributed by atoms with van der Waals surface area (Å²) in [4.78, 5) is 11.8. The van der Waals surface area contributed by atoms with E-state index >= 15 is 0 Å². The number of hydrogen-bond acceptors (Lipinski definition) is 5. The molecule has 0 bridgehead atoms. The predicted octanol–water partition coefficient (Wildman–Crippen LogP) is 1.66. The molecule has 4 N–H and O–H groups in total. The Kier molecular flexibility index (Phi) is 3.53. The van der Waals surface area contributed by atoms with Crippen molar-refractivity contribution in [2.24, 2.45) is 11.1 Å². The summed E-state index contributed by atoms with van der Waals surface area (Å²) < 4.78 is 1.55. The van der Waals surface area contributed by atoms with Gasteiger partial charge >= 0.3 is 0 Å². The monoisotopic (exact) mass is 327 g/mol. The molecule has 1 fully saturated rings. The Bertz CT molecular complexity index is 860. The van der Waals surface area contributed by atoms with E-state index in [1.54, 1.807) is 16.8 Å². The number of hydrogen-bond donors (Lipinski definition) is 3. The number of anilines is 1. The van der Waals surface area contributed by atoms with Crippen molar-refractivity contribution in [1.82, 2.24) is 9.61 Å². The van der Waals surface area contributed by atoms with Crippen LogP contribution in [0.4, 0.5) is 5.69 Å². The first-order valence-electron chi connectivity index (χ1n) is 7.87. The van der Waals surface area contributed by atoms with E-state index in [1.807, 2.05) is 20.8 Å². The lowest BCUT2D eigenvalue weighted by molar-refractivity contribution is -0.0283. The van der Waals surface area contributed by atoms with E-state index in [4.69, 9.17) is 11.0 Å². The fourth-order valence-electron chi connectivity index (χ4n) is 3.37. The lowest BCUT2D eigenvalue weighted by atomic mass is 9.76. The molecule has 0 aromatic carbocycles. The molecule has 1 saturated carbocycles. The molecule has 2 aromatic heterocycles. The Morgan fingerprint density at radius 1 is 1.54 bits per heavy atom. The fourth-order valence-corrected chi connectivity index (χ4v) is 3.37. The Hall–Kier alpha value is -2.59. The van der Waals surface area contributed by atoms with Crippen LogP contribution in [0.3, 0.4) is 0 Å². The molecular weight excluding hydrogens is 306 g/mol. The summed E-state index contributed by atoms with van der Waals surface area (Å²) >= 11 is 0. The number of nitrogens with one attached hydrogen (secondary N) is 1. The Morgan fingerprint density at radius 2 is 2.25 bits per heavy atom. The molecule has 0 aliphatic heterocycles. The van der Waals surface area contributed by atoms with Crippen molar-refractivity contribution in [3.8, 4) is 6.07 Å². The molecule has 0 unspecified atom stereocenters. The van der Waals surface area contributed by atoms with Gasteiger partial charge in [-0.05, 0) is 25.8 Å². The molecule has 2 atom stereocenters. The number of amides is 1. The average Bonchev–Trinajstić information content (AvgIpc) is 3.01. The highest BCUT2D eigenvalue weighted by Crippen LogP contribution is 2.47. The zero-order valence-electron chi connectivity index (χ0n) is 14.0. The number of carbonyl (C=O) groups is 1. The maximum absolute atomic E-state index is 11.8. The van der Waals surface area contributed by atoms with Crippen LogP contribution in [0, 0.1) is 16.7 Å². The Morgan fingerprint density at radius 3 is 2.79 bits per heavy atom. The fraction of sp³-hybridized carbons (Fsp3) is 0.471. The third-order valence-electron chi connectivity index (χ3n) is 5.53. The molecule has 2 aromatic rings. The number of rotatable bonds is 3. The van der Waals surface area contributed by atoms with Crippen LogP contribution in [0.15, 0.2) is 18.5 Å². The second-order valence-corrected chi connectivity index (χ2v) is 7.20. The van der Waals surface area contributed by atoms with Gasteiger partial charge < -0.3 is 16.2 Å². The van der Waals surface area contributed by atoms with E-state index < -0.39 is 16.9 Å². The summed E-state index contributed by atoms with van der Waals surface area (Å²) in [6.07, 6.45) is 4.42. The zero-order valence-corrected chi connectivity index (χ0v) is 14.0. The van der Waals surface area contributed by atoms with Crippen LogP contribution in [0.1, 0.15) is 49.5 Å². The SMILES string of the molecule is CC1(C)[C@H](Nc2c(C(N)=O)cnn3cc(C#N)cc23)CC[C@@]1(C)O. The van der Waals surface area contributed by atoms with Crippen LogP contribution in [0.5, 0.6) is 0 Å². The van der Waals surface area contributed by atoms with Gasteiger partial charge in [-0.25, -0.2) is 4.52 Å². The molecule has 24 heavy (non-hydrogen) atoms. The van der Waals surface area contributed by atoms with E-state index in [-0.39, 0.29) is 11.6 Å². The lowest BCUT2D eigenvalue weighted by Gasteiger charge is -2.38. The third-order valence-corrected chi connectivity index (χ3v) is 5.53. The number of nitriles is 1.